The molecule has 5 unspecified atom stereocenters. The summed E-state index contributed by atoms with van der Waals surface area (Å²) < 4.78 is 44.8. The average Bonchev–Trinajstić information content (AvgIpc) is 4.02. The third kappa shape index (κ3) is 9.11. The Hall–Kier alpha value is -4.99. The van der Waals surface area contributed by atoms with Crippen LogP contribution >= 0.6 is 0 Å². The van der Waals surface area contributed by atoms with E-state index in [1.807, 2.05) is 6.07 Å². The van der Waals surface area contributed by atoms with Crippen molar-refractivity contribution in [2.75, 3.05) is 13.7 Å². The number of carbonyl (C=O) groups is 5. The third-order valence-electron chi connectivity index (χ3n) is 10.00. The summed E-state index contributed by atoms with van der Waals surface area (Å²) in [4.78, 5) is 75.3. The van der Waals surface area contributed by atoms with E-state index < -0.39 is 85.5 Å². The van der Waals surface area contributed by atoms with Crippen LogP contribution in [0.15, 0.2) is 54.8 Å². The summed E-state index contributed by atoms with van der Waals surface area (Å²) in [6, 6.07) is 4.30. The molecule has 16 heteroatoms. The van der Waals surface area contributed by atoms with Crippen LogP contribution in [-0.2, 0) is 33.9 Å². The molecule has 298 valence electrons. The lowest BCUT2D eigenvalue weighted by Crippen LogP contribution is -2.61. The number of rotatable bonds is 14. The molecule has 3 fully saturated rings. The normalized spacial score (nSPS) is 22.8. The summed E-state index contributed by atoms with van der Waals surface area (Å²) >= 11 is 0. The highest BCUT2D eigenvalue weighted by atomic mass is 32.2. The number of hydrogen-bond donors (Lipinski definition) is 3. The Balaban J connectivity index is 1.51. The SMILES string of the molecule is C=CC1CC1(NC(=O)C1CC(Oc2nccc3cc(OC)ccc23)CN1C(=O)C(NC(=O)OC(C)(C)C)C(C)(C)C(=O)C=C(C)C)C(=O)NS(=O)(=O)C1CC1. The van der Waals surface area contributed by atoms with Crippen molar-refractivity contribution in [3.63, 3.8) is 0 Å². The number of fused-ring (bicyclic) bond motifs is 1. The minimum atomic E-state index is -3.95. The van der Waals surface area contributed by atoms with Gasteiger partial charge in [0.1, 0.15) is 35.1 Å². The van der Waals surface area contributed by atoms with Crippen molar-refractivity contribution in [2.24, 2.45) is 11.3 Å². The molecular weight excluding hydrogens is 731 g/mol. The number of ether oxygens (including phenoxy) is 3. The lowest BCUT2D eigenvalue weighted by Gasteiger charge is -2.36. The number of benzene rings is 1. The van der Waals surface area contributed by atoms with Crippen LogP contribution in [0.5, 0.6) is 11.6 Å². The molecule has 1 aromatic heterocycles. The van der Waals surface area contributed by atoms with Gasteiger partial charge < -0.3 is 29.7 Å². The molecule has 0 spiro atoms. The van der Waals surface area contributed by atoms with Crippen LogP contribution < -0.4 is 24.8 Å². The molecule has 55 heavy (non-hydrogen) atoms. The summed E-state index contributed by atoms with van der Waals surface area (Å²) in [5.74, 6) is -2.62. The van der Waals surface area contributed by atoms with Crippen molar-refractivity contribution in [2.45, 2.75) is 109 Å². The Kier molecular flexibility index (Phi) is 11.4. The van der Waals surface area contributed by atoms with Crippen molar-refractivity contribution in [3.8, 4) is 11.6 Å². The summed E-state index contributed by atoms with van der Waals surface area (Å²) in [7, 11) is -2.40. The summed E-state index contributed by atoms with van der Waals surface area (Å²) in [6.07, 6.45) is 3.48. The highest BCUT2D eigenvalue weighted by Crippen LogP contribution is 2.45. The number of nitrogens with zero attached hydrogens (tertiary/aromatic N) is 2. The number of ketones is 1. The number of amides is 4. The van der Waals surface area contributed by atoms with E-state index in [1.165, 1.54) is 30.9 Å². The number of likely N-dealkylation sites (tertiary alicyclic amines) is 1. The van der Waals surface area contributed by atoms with E-state index in [0.29, 0.717) is 29.6 Å². The zero-order chi connectivity index (χ0) is 40.7. The fraction of sp³-hybridized carbons (Fsp3) is 0.538. The van der Waals surface area contributed by atoms with Gasteiger partial charge in [0.2, 0.25) is 27.7 Å². The maximum atomic E-state index is 14.8. The van der Waals surface area contributed by atoms with Gasteiger partial charge in [-0.2, -0.15) is 0 Å². The molecule has 0 radical (unpaired) electrons. The smallest absolute Gasteiger partial charge is 0.408 e. The maximum absolute atomic E-state index is 14.8. The van der Waals surface area contributed by atoms with E-state index in [9.17, 15) is 32.4 Å². The number of nitrogens with one attached hydrogen (secondary N) is 3. The van der Waals surface area contributed by atoms with Crippen molar-refractivity contribution in [1.29, 1.82) is 0 Å². The van der Waals surface area contributed by atoms with Gasteiger partial charge in [-0.3, -0.25) is 23.9 Å². The first-order valence-electron chi connectivity index (χ1n) is 18.2. The van der Waals surface area contributed by atoms with Crippen LogP contribution in [0.25, 0.3) is 10.8 Å². The van der Waals surface area contributed by atoms with Crippen LogP contribution in [0.1, 0.15) is 74.1 Å². The second-order valence-corrected chi connectivity index (χ2v) is 18.2. The Morgan fingerprint density at radius 3 is 2.35 bits per heavy atom. The second-order valence-electron chi connectivity index (χ2n) is 16.3. The Bertz CT molecular complexity index is 2030. The number of sulfonamides is 1. The van der Waals surface area contributed by atoms with Crippen LogP contribution in [0.2, 0.25) is 0 Å². The van der Waals surface area contributed by atoms with E-state index in [0.717, 1.165) is 5.39 Å². The number of aromatic nitrogens is 1. The topological polar surface area (TPSA) is 199 Å². The molecule has 5 rings (SSSR count). The van der Waals surface area contributed by atoms with E-state index in [-0.39, 0.29) is 25.3 Å². The fourth-order valence-corrected chi connectivity index (χ4v) is 8.00. The van der Waals surface area contributed by atoms with Crippen molar-refractivity contribution >= 4 is 50.4 Å². The summed E-state index contributed by atoms with van der Waals surface area (Å²) in [5, 5.41) is 6.08. The molecule has 5 atom stereocenters. The molecule has 4 amide bonds. The molecule has 2 heterocycles. The summed E-state index contributed by atoms with van der Waals surface area (Å²) in [6.45, 7) is 15.0. The van der Waals surface area contributed by atoms with Gasteiger partial charge >= 0.3 is 6.09 Å². The van der Waals surface area contributed by atoms with Crippen LogP contribution in [0.4, 0.5) is 4.79 Å². The minimum absolute atomic E-state index is 0.0792. The molecule has 3 N–H and O–H groups in total. The van der Waals surface area contributed by atoms with Gasteiger partial charge in [-0.1, -0.05) is 25.5 Å². The largest absolute Gasteiger partial charge is 0.497 e. The third-order valence-corrected chi connectivity index (χ3v) is 11.8. The molecule has 1 saturated heterocycles. The lowest BCUT2D eigenvalue weighted by atomic mass is 9.78. The first kappa shape index (κ1) is 41.2. The van der Waals surface area contributed by atoms with E-state index in [4.69, 9.17) is 14.2 Å². The monoisotopic (exact) mass is 781 g/mol. The van der Waals surface area contributed by atoms with Gasteiger partial charge in [0, 0.05) is 23.9 Å². The van der Waals surface area contributed by atoms with E-state index in [2.05, 4.69) is 26.9 Å². The molecule has 0 bridgehead atoms. The van der Waals surface area contributed by atoms with Gasteiger partial charge in [-0.05, 0) is 89.6 Å². The Labute approximate surface area is 321 Å². The standard InChI is InChI=1S/C39H51N5O10S/c1-10-24-20-39(24,35(48)43-55(50,51)27-12-13-27)42-32(46)29-19-26(53-33-28-14-11-25(52-9)18-23(28)15-16-40-33)21-44(29)34(47)31(41-36(49)54-37(4,5)6)38(7,8)30(45)17-22(2)3/h10-11,14-18,24,26-27,29,31H,1,12-13,19-21H2,2-9H3,(H,41,49)(H,42,46)(H,43,48). The second kappa shape index (κ2) is 15.3. The molecule has 15 nitrogen and oxygen atoms in total. The number of hydrogen-bond acceptors (Lipinski definition) is 11. The predicted molar refractivity (Wildman–Crippen MR) is 203 cm³/mol. The van der Waals surface area contributed by atoms with Crippen molar-refractivity contribution in [1.82, 2.24) is 25.2 Å². The average molecular weight is 782 g/mol. The number of pyridine rings is 1. The van der Waals surface area contributed by atoms with Crippen molar-refractivity contribution in [3.05, 3.63) is 54.8 Å². The number of methoxy groups -OCH3 is 1. The zero-order valence-electron chi connectivity index (χ0n) is 32.6. The number of alkyl carbamates (subject to hydrolysis) is 1. The van der Waals surface area contributed by atoms with Gasteiger partial charge in [0.25, 0.3) is 5.91 Å². The highest BCUT2D eigenvalue weighted by Gasteiger charge is 2.62. The van der Waals surface area contributed by atoms with Gasteiger partial charge in [0.15, 0.2) is 5.78 Å². The van der Waals surface area contributed by atoms with E-state index >= 15 is 0 Å². The predicted octanol–water partition coefficient (Wildman–Crippen LogP) is 3.72. The van der Waals surface area contributed by atoms with Gasteiger partial charge in [-0.15, -0.1) is 6.58 Å². The van der Waals surface area contributed by atoms with Gasteiger partial charge in [-0.25, -0.2) is 18.2 Å². The number of allylic oxidation sites excluding steroid dienone is 2. The quantitative estimate of drug-likeness (QED) is 0.187. The maximum Gasteiger partial charge on any atom is 0.408 e. The van der Waals surface area contributed by atoms with Crippen LogP contribution in [0, 0.1) is 11.3 Å². The Morgan fingerprint density at radius 1 is 1.07 bits per heavy atom. The fourth-order valence-electron chi connectivity index (χ4n) is 6.63. The highest BCUT2D eigenvalue weighted by molar-refractivity contribution is 7.91. The Morgan fingerprint density at radius 2 is 1.76 bits per heavy atom. The molecule has 3 aliphatic rings. The molecule has 2 aliphatic carbocycles. The molecule has 1 aromatic carbocycles. The minimum Gasteiger partial charge on any atom is -0.497 e. The molecule has 2 aromatic rings. The van der Waals surface area contributed by atoms with Crippen LogP contribution in [-0.4, -0.2) is 96.1 Å². The molecule has 2 saturated carbocycles. The first-order valence-corrected chi connectivity index (χ1v) is 19.8. The molecule has 1 aliphatic heterocycles. The lowest BCUT2D eigenvalue weighted by molar-refractivity contribution is -0.145. The zero-order valence-corrected chi connectivity index (χ0v) is 33.4. The van der Waals surface area contributed by atoms with Gasteiger partial charge in [0.05, 0.1) is 24.3 Å². The summed E-state index contributed by atoms with van der Waals surface area (Å²) in [5.41, 5.74) is -3.44. The first-order chi connectivity index (χ1) is 25.6. The van der Waals surface area contributed by atoms with Crippen molar-refractivity contribution < 1.29 is 46.6 Å². The number of carbonyl (C=O) groups excluding carboxylic acids is 5. The van der Waals surface area contributed by atoms with Crippen LogP contribution in [0.3, 0.4) is 0 Å². The van der Waals surface area contributed by atoms with E-state index in [1.54, 1.807) is 66.1 Å². The molecular formula is C39H51N5O10S.